The third-order valence-electron chi connectivity index (χ3n) is 2.66. The molecule has 2 heterocycles. The number of hydrogen-bond acceptors (Lipinski definition) is 3. The number of ether oxygens (including phenoxy) is 1. The Morgan fingerprint density at radius 3 is 2.83 bits per heavy atom. The predicted octanol–water partition coefficient (Wildman–Crippen LogP) is 3.29. The van der Waals surface area contributed by atoms with Crippen LogP contribution in [0.25, 0.3) is 22.6 Å². The summed E-state index contributed by atoms with van der Waals surface area (Å²) in [6, 6.07) is 9.31. The van der Waals surface area contributed by atoms with Gasteiger partial charge < -0.3 is 9.72 Å². The molecule has 0 aliphatic heterocycles. The van der Waals surface area contributed by atoms with Crippen molar-refractivity contribution in [1.82, 2.24) is 15.0 Å². The number of nitrogens with zero attached hydrogens (tertiary/aromatic N) is 2. The quantitative estimate of drug-likeness (QED) is 0.768. The SMILES string of the molecule is COc1ccc2nc(-c3ccc(Cl)cn3)[nH]c2c1. The van der Waals surface area contributed by atoms with E-state index >= 15 is 0 Å². The van der Waals surface area contributed by atoms with Gasteiger partial charge in [0.25, 0.3) is 0 Å². The van der Waals surface area contributed by atoms with E-state index in [-0.39, 0.29) is 0 Å². The monoisotopic (exact) mass is 259 g/mol. The molecule has 1 N–H and O–H groups in total. The smallest absolute Gasteiger partial charge is 0.157 e. The van der Waals surface area contributed by atoms with Crippen LogP contribution >= 0.6 is 11.6 Å². The lowest BCUT2D eigenvalue weighted by Crippen LogP contribution is -1.84. The summed E-state index contributed by atoms with van der Waals surface area (Å²) in [5, 5.41) is 0.608. The first-order chi connectivity index (χ1) is 8.76. The molecule has 3 rings (SSSR count). The molecule has 0 radical (unpaired) electrons. The molecule has 0 amide bonds. The molecule has 1 aromatic carbocycles. The van der Waals surface area contributed by atoms with Gasteiger partial charge in [0.05, 0.1) is 23.2 Å². The second-order valence-corrected chi connectivity index (χ2v) is 4.27. The Bertz CT molecular complexity index is 691. The number of nitrogens with one attached hydrogen (secondary N) is 1. The van der Waals surface area contributed by atoms with Crippen LogP contribution in [0.5, 0.6) is 5.75 Å². The Morgan fingerprint density at radius 1 is 1.22 bits per heavy atom. The molecule has 0 saturated carbocycles. The van der Waals surface area contributed by atoms with E-state index in [1.807, 2.05) is 24.3 Å². The van der Waals surface area contributed by atoms with E-state index in [9.17, 15) is 0 Å². The highest BCUT2D eigenvalue weighted by molar-refractivity contribution is 6.30. The third-order valence-corrected chi connectivity index (χ3v) is 2.88. The van der Waals surface area contributed by atoms with Crippen LogP contribution in [0.3, 0.4) is 0 Å². The Hall–Kier alpha value is -2.07. The van der Waals surface area contributed by atoms with Gasteiger partial charge in [-0.2, -0.15) is 0 Å². The van der Waals surface area contributed by atoms with Crippen molar-refractivity contribution in [2.24, 2.45) is 0 Å². The minimum Gasteiger partial charge on any atom is -0.497 e. The van der Waals surface area contributed by atoms with Gasteiger partial charge in [-0.1, -0.05) is 11.6 Å². The van der Waals surface area contributed by atoms with E-state index in [4.69, 9.17) is 16.3 Å². The summed E-state index contributed by atoms with van der Waals surface area (Å²) in [7, 11) is 1.64. The molecule has 0 bridgehead atoms. The van der Waals surface area contributed by atoms with E-state index in [0.717, 1.165) is 28.3 Å². The van der Waals surface area contributed by atoms with Crippen molar-refractivity contribution in [2.75, 3.05) is 7.11 Å². The van der Waals surface area contributed by atoms with Gasteiger partial charge in [0.2, 0.25) is 0 Å². The number of benzene rings is 1. The lowest BCUT2D eigenvalue weighted by Gasteiger charge is -1.96. The lowest BCUT2D eigenvalue weighted by molar-refractivity contribution is 0.415. The summed E-state index contributed by atoms with van der Waals surface area (Å²) in [6.07, 6.45) is 1.60. The second-order valence-electron chi connectivity index (χ2n) is 3.83. The minimum atomic E-state index is 0.608. The van der Waals surface area contributed by atoms with Crippen LogP contribution in [0.1, 0.15) is 0 Å². The standard InChI is InChI=1S/C13H10ClN3O/c1-18-9-3-5-10-12(6-9)17-13(16-10)11-4-2-8(14)7-15-11/h2-7H,1H3,(H,16,17). The van der Waals surface area contributed by atoms with Gasteiger partial charge in [-0.3, -0.25) is 4.98 Å². The maximum atomic E-state index is 5.81. The fourth-order valence-corrected chi connectivity index (χ4v) is 1.86. The van der Waals surface area contributed by atoms with Crippen LogP contribution in [-0.4, -0.2) is 22.1 Å². The summed E-state index contributed by atoms with van der Waals surface area (Å²) >= 11 is 5.81. The maximum Gasteiger partial charge on any atom is 0.157 e. The van der Waals surface area contributed by atoms with Gasteiger partial charge >= 0.3 is 0 Å². The average molecular weight is 260 g/mol. The predicted molar refractivity (Wildman–Crippen MR) is 70.9 cm³/mol. The third kappa shape index (κ3) is 1.91. The maximum absolute atomic E-state index is 5.81. The van der Waals surface area contributed by atoms with Gasteiger partial charge in [0.15, 0.2) is 5.82 Å². The molecule has 0 aliphatic carbocycles. The van der Waals surface area contributed by atoms with Crippen molar-refractivity contribution in [3.8, 4) is 17.3 Å². The normalized spacial score (nSPS) is 10.8. The van der Waals surface area contributed by atoms with E-state index in [0.29, 0.717) is 5.02 Å². The first-order valence-electron chi connectivity index (χ1n) is 5.42. The summed E-state index contributed by atoms with van der Waals surface area (Å²) in [5.74, 6) is 1.51. The van der Waals surface area contributed by atoms with Crippen LogP contribution in [0.2, 0.25) is 5.02 Å². The molecule has 0 fully saturated rings. The highest BCUT2D eigenvalue weighted by atomic mass is 35.5. The fourth-order valence-electron chi connectivity index (χ4n) is 1.75. The summed E-state index contributed by atoms with van der Waals surface area (Å²) < 4.78 is 5.17. The number of fused-ring (bicyclic) bond motifs is 1. The Balaban J connectivity index is 2.10. The summed E-state index contributed by atoms with van der Waals surface area (Å²) in [6.45, 7) is 0. The van der Waals surface area contributed by atoms with Crippen molar-refractivity contribution < 1.29 is 4.74 Å². The number of halogens is 1. The van der Waals surface area contributed by atoms with E-state index in [1.165, 1.54) is 0 Å². The second kappa shape index (κ2) is 4.31. The molecule has 0 saturated heterocycles. The molecule has 0 aliphatic rings. The number of aromatic amines is 1. The Labute approximate surface area is 109 Å². The fraction of sp³-hybridized carbons (Fsp3) is 0.0769. The largest absolute Gasteiger partial charge is 0.497 e. The highest BCUT2D eigenvalue weighted by Crippen LogP contribution is 2.23. The molecular weight excluding hydrogens is 250 g/mol. The van der Waals surface area contributed by atoms with Crippen LogP contribution in [-0.2, 0) is 0 Å². The van der Waals surface area contributed by atoms with Crippen molar-refractivity contribution >= 4 is 22.6 Å². The van der Waals surface area contributed by atoms with E-state index in [1.54, 1.807) is 19.4 Å². The minimum absolute atomic E-state index is 0.608. The van der Waals surface area contributed by atoms with E-state index < -0.39 is 0 Å². The van der Waals surface area contributed by atoms with Crippen molar-refractivity contribution in [1.29, 1.82) is 0 Å². The van der Waals surface area contributed by atoms with Crippen LogP contribution in [0.4, 0.5) is 0 Å². The number of H-pyrrole nitrogens is 1. The zero-order chi connectivity index (χ0) is 12.5. The number of pyridine rings is 1. The van der Waals surface area contributed by atoms with Crippen molar-refractivity contribution in [2.45, 2.75) is 0 Å². The molecule has 2 aromatic heterocycles. The van der Waals surface area contributed by atoms with E-state index in [2.05, 4.69) is 15.0 Å². The zero-order valence-corrected chi connectivity index (χ0v) is 10.4. The molecule has 0 unspecified atom stereocenters. The van der Waals surface area contributed by atoms with Crippen LogP contribution in [0.15, 0.2) is 36.5 Å². The van der Waals surface area contributed by atoms with Crippen molar-refractivity contribution in [3.05, 3.63) is 41.6 Å². The molecule has 90 valence electrons. The average Bonchev–Trinajstić information content (AvgIpc) is 2.82. The zero-order valence-electron chi connectivity index (χ0n) is 9.64. The number of methoxy groups -OCH3 is 1. The molecule has 0 atom stereocenters. The molecule has 18 heavy (non-hydrogen) atoms. The van der Waals surface area contributed by atoms with Gasteiger partial charge in [-0.05, 0) is 24.3 Å². The number of imidazole rings is 1. The molecule has 5 heteroatoms. The highest BCUT2D eigenvalue weighted by Gasteiger charge is 2.07. The molecule has 0 spiro atoms. The van der Waals surface area contributed by atoms with Gasteiger partial charge in [0.1, 0.15) is 11.4 Å². The number of hydrogen-bond donors (Lipinski definition) is 1. The Morgan fingerprint density at radius 2 is 2.11 bits per heavy atom. The summed E-state index contributed by atoms with van der Waals surface area (Å²) in [5.41, 5.74) is 2.55. The molecule has 3 aromatic rings. The molecule has 4 nitrogen and oxygen atoms in total. The van der Waals surface area contributed by atoms with Crippen molar-refractivity contribution in [3.63, 3.8) is 0 Å². The first-order valence-corrected chi connectivity index (χ1v) is 5.80. The van der Waals surface area contributed by atoms with Gasteiger partial charge in [-0.25, -0.2) is 4.98 Å². The van der Waals surface area contributed by atoms with Gasteiger partial charge in [-0.15, -0.1) is 0 Å². The summed E-state index contributed by atoms with van der Waals surface area (Å²) in [4.78, 5) is 11.9. The lowest BCUT2D eigenvalue weighted by atomic mass is 10.3. The molecular formula is C13H10ClN3O. The number of rotatable bonds is 2. The van der Waals surface area contributed by atoms with Crippen LogP contribution < -0.4 is 4.74 Å². The number of aromatic nitrogens is 3. The Kier molecular flexibility index (Phi) is 2.64. The van der Waals surface area contributed by atoms with Crippen LogP contribution in [0, 0.1) is 0 Å². The topological polar surface area (TPSA) is 50.8 Å². The van der Waals surface area contributed by atoms with Gasteiger partial charge in [0, 0.05) is 12.3 Å². The first kappa shape index (κ1) is 11.0.